The summed E-state index contributed by atoms with van der Waals surface area (Å²) < 4.78 is 52.3. The highest BCUT2D eigenvalue weighted by molar-refractivity contribution is 7.92. The zero-order valence-electron chi connectivity index (χ0n) is 13.5. The van der Waals surface area contributed by atoms with Gasteiger partial charge in [0.25, 0.3) is 0 Å². The molecule has 0 bridgehead atoms. The highest BCUT2D eigenvalue weighted by atomic mass is 35.5. The van der Waals surface area contributed by atoms with E-state index in [2.05, 4.69) is 0 Å². The highest BCUT2D eigenvalue weighted by Crippen LogP contribution is 2.29. The van der Waals surface area contributed by atoms with Crippen molar-refractivity contribution in [1.29, 1.82) is 5.26 Å². The van der Waals surface area contributed by atoms with Gasteiger partial charge in [-0.3, -0.25) is 0 Å². The molecule has 0 N–H and O–H groups in total. The van der Waals surface area contributed by atoms with Crippen LogP contribution in [0.25, 0.3) is 0 Å². The van der Waals surface area contributed by atoms with Gasteiger partial charge in [-0.15, -0.1) is 0 Å². The van der Waals surface area contributed by atoms with Crippen molar-refractivity contribution in [3.63, 3.8) is 0 Å². The minimum absolute atomic E-state index is 0.0384. The fourth-order valence-corrected chi connectivity index (χ4v) is 6.46. The molecule has 9 heteroatoms. The van der Waals surface area contributed by atoms with E-state index in [1.54, 1.807) is 6.07 Å². The van der Waals surface area contributed by atoms with Crippen LogP contribution in [0.5, 0.6) is 0 Å². The van der Waals surface area contributed by atoms with Gasteiger partial charge >= 0.3 is 0 Å². The molecule has 1 aliphatic rings. The largest absolute Gasteiger partial charge is 0.244 e. The Bertz CT molecular complexity index is 1070. The summed E-state index contributed by atoms with van der Waals surface area (Å²) in [6.07, 6.45) is 0.193. The summed E-state index contributed by atoms with van der Waals surface area (Å²) in [5.41, 5.74) is 0.0384. The Morgan fingerprint density at radius 3 is 2.35 bits per heavy atom. The van der Waals surface area contributed by atoms with Gasteiger partial charge < -0.3 is 0 Å². The van der Waals surface area contributed by atoms with E-state index in [4.69, 9.17) is 16.9 Å². The van der Waals surface area contributed by atoms with Crippen LogP contribution in [0.15, 0.2) is 58.3 Å². The molecular formula is C17H15ClN2O4S2. The van der Waals surface area contributed by atoms with E-state index in [1.165, 1.54) is 42.5 Å². The number of nitriles is 1. The van der Waals surface area contributed by atoms with Gasteiger partial charge in [-0.2, -0.15) is 9.57 Å². The monoisotopic (exact) mass is 410 g/mol. The first-order valence-corrected chi connectivity index (χ1v) is 11.1. The number of rotatable bonds is 4. The van der Waals surface area contributed by atoms with Crippen molar-refractivity contribution in [3.05, 3.63) is 59.1 Å². The first-order chi connectivity index (χ1) is 12.3. The van der Waals surface area contributed by atoms with Gasteiger partial charge in [-0.05, 0) is 42.8 Å². The van der Waals surface area contributed by atoms with Gasteiger partial charge in [0, 0.05) is 18.1 Å². The van der Waals surface area contributed by atoms with Gasteiger partial charge in [0.05, 0.1) is 20.6 Å². The van der Waals surface area contributed by atoms with Gasteiger partial charge in [0.15, 0.2) is 9.84 Å². The SMILES string of the molecule is N#Cc1ccccc1S(=O)(=O)N1CC[C@@H](S(=O)(=O)c2ccc(Cl)cc2)C1. The van der Waals surface area contributed by atoms with E-state index in [9.17, 15) is 16.8 Å². The first-order valence-electron chi connectivity index (χ1n) is 7.75. The summed E-state index contributed by atoms with van der Waals surface area (Å²) >= 11 is 5.79. The average Bonchev–Trinajstić information content (AvgIpc) is 3.14. The second kappa shape index (κ2) is 7.00. The molecule has 0 saturated carbocycles. The minimum Gasteiger partial charge on any atom is -0.223 e. The van der Waals surface area contributed by atoms with Crippen molar-refractivity contribution in [2.24, 2.45) is 0 Å². The molecule has 2 aromatic rings. The van der Waals surface area contributed by atoms with Crippen molar-refractivity contribution in [2.45, 2.75) is 21.5 Å². The fraction of sp³-hybridized carbons (Fsp3) is 0.235. The number of hydrogen-bond acceptors (Lipinski definition) is 5. The zero-order chi connectivity index (χ0) is 18.9. The first kappa shape index (κ1) is 18.9. The lowest BCUT2D eigenvalue weighted by Crippen LogP contribution is -2.32. The molecule has 1 atom stereocenters. The molecule has 1 aliphatic heterocycles. The second-order valence-electron chi connectivity index (χ2n) is 5.88. The molecule has 0 aromatic heterocycles. The van der Waals surface area contributed by atoms with E-state index >= 15 is 0 Å². The van der Waals surface area contributed by atoms with Crippen LogP contribution in [0.4, 0.5) is 0 Å². The highest BCUT2D eigenvalue weighted by Gasteiger charge is 2.40. The standard InChI is InChI=1S/C17H15ClN2O4S2/c18-14-5-7-15(8-6-14)25(21,22)16-9-10-20(12-16)26(23,24)17-4-2-1-3-13(17)11-19/h1-8,16H,9-10,12H2/t16-/m1/s1. The van der Waals surface area contributed by atoms with E-state index in [0.29, 0.717) is 5.02 Å². The Hall–Kier alpha value is -1.92. The molecule has 6 nitrogen and oxygen atoms in total. The van der Waals surface area contributed by atoms with Crippen molar-refractivity contribution in [2.75, 3.05) is 13.1 Å². The third kappa shape index (κ3) is 3.35. The summed E-state index contributed by atoms with van der Waals surface area (Å²) in [6, 6.07) is 13.6. The summed E-state index contributed by atoms with van der Waals surface area (Å²) in [5, 5.41) is 8.72. The lowest BCUT2D eigenvalue weighted by atomic mass is 10.2. The maximum absolute atomic E-state index is 12.8. The normalized spacial score (nSPS) is 18.5. The predicted octanol–water partition coefficient (Wildman–Crippen LogP) is 2.45. The Labute approximate surface area is 157 Å². The Kier molecular flexibility index (Phi) is 5.08. The van der Waals surface area contributed by atoms with Crippen LogP contribution >= 0.6 is 11.6 Å². The number of hydrogen-bond donors (Lipinski definition) is 0. The van der Waals surface area contributed by atoms with Gasteiger partial charge in [0.1, 0.15) is 6.07 Å². The van der Waals surface area contributed by atoms with Crippen LogP contribution in [0.2, 0.25) is 5.02 Å². The van der Waals surface area contributed by atoms with E-state index < -0.39 is 25.1 Å². The summed E-state index contributed by atoms with van der Waals surface area (Å²) in [4.78, 5) is 0.00983. The third-order valence-corrected chi connectivity index (χ3v) is 8.68. The minimum atomic E-state index is -3.94. The summed E-state index contributed by atoms with van der Waals surface area (Å²) in [5.74, 6) is 0. The lowest BCUT2D eigenvalue weighted by Gasteiger charge is -2.17. The molecule has 0 radical (unpaired) electrons. The van der Waals surface area contributed by atoms with Crippen molar-refractivity contribution in [3.8, 4) is 6.07 Å². The molecule has 26 heavy (non-hydrogen) atoms. The number of halogens is 1. The molecule has 0 amide bonds. The number of benzene rings is 2. The van der Waals surface area contributed by atoms with Crippen LogP contribution in [-0.4, -0.2) is 39.5 Å². The van der Waals surface area contributed by atoms with Crippen molar-refractivity contribution >= 4 is 31.5 Å². The smallest absolute Gasteiger partial charge is 0.223 e. The Balaban J connectivity index is 1.88. The van der Waals surface area contributed by atoms with Crippen molar-refractivity contribution < 1.29 is 16.8 Å². The molecule has 136 valence electrons. The number of sulfonamides is 1. The quantitative estimate of drug-likeness (QED) is 0.771. The van der Waals surface area contributed by atoms with Crippen molar-refractivity contribution in [1.82, 2.24) is 4.31 Å². The van der Waals surface area contributed by atoms with Crippen LogP contribution in [0.3, 0.4) is 0 Å². The Morgan fingerprint density at radius 2 is 1.69 bits per heavy atom. The fourth-order valence-electron chi connectivity index (χ4n) is 2.91. The maximum atomic E-state index is 12.8. The molecule has 1 heterocycles. The molecule has 1 fully saturated rings. The van der Waals surface area contributed by atoms with Gasteiger partial charge in [0.2, 0.25) is 10.0 Å². The molecule has 0 aliphatic carbocycles. The van der Waals surface area contributed by atoms with Gasteiger partial charge in [-0.25, -0.2) is 16.8 Å². The average molecular weight is 411 g/mol. The molecular weight excluding hydrogens is 396 g/mol. The molecule has 3 rings (SSSR count). The van der Waals surface area contributed by atoms with Crippen LogP contribution in [0.1, 0.15) is 12.0 Å². The van der Waals surface area contributed by atoms with E-state index in [1.807, 2.05) is 6.07 Å². The molecule has 1 saturated heterocycles. The summed E-state index contributed by atoms with van der Waals surface area (Å²) in [6.45, 7) is -0.0629. The lowest BCUT2D eigenvalue weighted by molar-refractivity contribution is 0.476. The van der Waals surface area contributed by atoms with E-state index in [0.717, 1.165) is 4.31 Å². The zero-order valence-corrected chi connectivity index (χ0v) is 15.9. The van der Waals surface area contributed by atoms with Crippen LogP contribution < -0.4 is 0 Å². The van der Waals surface area contributed by atoms with Crippen LogP contribution in [-0.2, 0) is 19.9 Å². The van der Waals surface area contributed by atoms with Crippen LogP contribution in [0, 0.1) is 11.3 Å². The number of sulfone groups is 1. The molecule has 2 aromatic carbocycles. The topological polar surface area (TPSA) is 95.3 Å². The maximum Gasteiger partial charge on any atom is 0.244 e. The van der Waals surface area contributed by atoms with E-state index in [-0.39, 0.29) is 34.9 Å². The third-order valence-electron chi connectivity index (χ3n) is 4.31. The number of nitrogens with zero attached hydrogens (tertiary/aromatic N) is 2. The molecule has 0 spiro atoms. The Morgan fingerprint density at radius 1 is 1.04 bits per heavy atom. The second-order valence-corrected chi connectivity index (χ2v) is 10.5. The summed E-state index contributed by atoms with van der Waals surface area (Å²) in [7, 11) is -7.61. The molecule has 0 unspecified atom stereocenters. The van der Waals surface area contributed by atoms with Gasteiger partial charge in [-0.1, -0.05) is 23.7 Å². The predicted molar refractivity (Wildman–Crippen MR) is 97.0 cm³/mol.